The van der Waals surface area contributed by atoms with Crippen LogP contribution in [0.5, 0.6) is 11.5 Å². The molecule has 0 unspecified atom stereocenters. The van der Waals surface area contributed by atoms with E-state index in [0.29, 0.717) is 17.2 Å². The van der Waals surface area contributed by atoms with E-state index in [2.05, 4.69) is 5.32 Å². The fraction of sp³-hybridized carbons (Fsp3) is 0.235. The summed E-state index contributed by atoms with van der Waals surface area (Å²) in [6, 6.07) is 14.8. The van der Waals surface area contributed by atoms with Crippen molar-refractivity contribution < 1.29 is 14.3 Å². The number of amides is 1. The number of carbonyl (C=O) groups is 1. The van der Waals surface area contributed by atoms with Crippen molar-refractivity contribution in [1.82, 2.24) is 0 Å². The number of nitrogens with one attached hydrogen (secondary N) is 1. The second kappa shape index (κ2) is 6.79. The quantitative estimate of drug-likeness (QED) is 0.915. The number of rotatable bonds is 5. The van der Waals surface area contributed by atoms with Crippen LogP contribution >= 0.6 is 0 Å². The summed E-state index contributed by atoms with van der Waals surface area (Å²) in [6.07, 6.45) is -0.586. The van der Waals surface area contributed by atoms with E-state index in [1.807, 2.05) is 43.3 Å². The molecule has 0 fully saturated rings. The first-order valence-electron chi connectivity index (χ1n) is 6.77. The van der Waals surface area contributed by atoms with Crippen LogP contribution in [0, 0.1) is 6.92 Å². The van der Waals surface area contributed by atoms with Gasteiger partial charge in [0.05, 0.1) is 7.11 Å². The van der Waals surface area contributed by atoms with Gasteiger partial charge in [0, 0.05) is 11.8 Å². The summed E-state index contributed by atoms with van der Waals surface area (Å²) < 4.78 is 10.8. The van der Waals surface area contributed by atoms with Crippen LogP contribution in [0.25, 0.3) is 0 Å². The molecule has 4 nitrogen and oxygen atoms in total. The number of benzene rings is 2. The minimum absolute atomic E-state index is 0.202. The van der Waals surface area contributed by atoms with Gasteiger partial charge in [-0.25, -0.2) is 0 Å². The molecule has 0 saturated heterocycles. The molecule has 0 aliphatic heterocycles. The predicted molar refractivity (Wildman–Crippen MR) is 82.9 cm³/mol. The summed E-state index contributed by atoms with van der Waals surface area (Å²) >= 11 is 0. The van der Waals surface area contributed by atoms with E-state index in [1.54, 1.807) is 26.2 Å². The molecule has 0 heterocycles. The number of para-hydroxylation sites is 1. The minimum Gasteiger partial charge on any atom is -0.497 e. The van der Waals surface area contributed by atoms with Gasteiger partial charge in [0.25, 0.3) is 5.91 Å². The largest absolute Gasteiger partial charge is 0.497 e. The molecule has 1 atom stereocenters. The third kappa shape index (κ3) is 3.99. The zero-order chi connectivity index (χ0) is 15.2. The first-order chi connectivity index (χ1) is 10.1. The molecular weight excluding hydrogens is 266 g/mol. The maximum atomic E-state index is 12.2. The van der Waals surface area contributed by atoms with E-state index < -0.39 is 6.10 Å². The molecule has 0 spiro atoms. The SMILES string of the molecule is COc1cccc(NC(=O)[C@H](C)Oc2ccccc2C)c1. The lowest BCUT2D eigenvalue weighted by Gasteiger charge is -2.16. The molecule has 0 saturated carbocycles. The van der Waals surface area contributed by atoms with E-state index in [0.717, 1.165) is 5.56 Å². The van der Waals surface area contributed by atoms with Crippen LogP contribution in [0.4, 0.5) is 5.69 Å². The fourth-order valence-electron chi connectivity index (χ4n) is 1.88. The Kier molecular flexibility index (Phi) is 4.82. The Morgan fingerprint density at radius 3 is 2.62 bits per heavy atom. The van der Waals surface area contributed by atoms with Crippen molar-refractivity contribution >= 4 is 11.6 Å². The monoisotopic (exact) mass is 285 g/mol. The van der Waals surface area contributed by atoms with Crippen LogP contribution < -0.4 is 14.8 Å². The standard InChI is InChI=1S/C17H19NO3/c1-12-7-4-5-10-16(12)21-13(2)17(19)18-14-8-6-9-15(11-14)20-3/h4-11,13H,1-3H3,(H,18,19)/t13-/m0/s1. The molecule has 0 bridgehead atoms. The van der Waals surface area contributed by atoms with Gasteiger partial charge in [-0.3, -0.25) is 4.79 Å². The van der Waals surface area contributed by atoms with Gasteiger partial charge in [0.1, 0.15) is 11.5 Å². The highest BCUT2D eigenvalue weighted by Gasteiger charge is 2.15. The second-order valence-electron chi connectivity index (χ2n) is 4.75. The third-order valence-corrected chi connectivity index (χ3v) is 3.10. The maximum absolute atomic E-state index is 12.2. The maximum Gasteiger partial charge on any atom is 0.265 e. The number of aryl methyl sites for hydroxylation is 1. The minimum atomic E-state index is -0.586. The highest BCUT2D eigenvalue weighted by atomic mass is 16.5. The van der Waals surface area contributed by atoms with Crippen molar-refractivity contribution in [2.45, 2.75) is 20.0 Å². The number of methoxy groups -OCH3 is 1. The Balaban J connectivity index is 2.01. The molecule has 0 aliphatic carbocycles. The van der Waals surface area contributed by atoms with Crippen LogP contribution in [0.15, 0.2) is 48.5 Å². The molecule has 2 rings (SSSR count). The Labute approximate surface area is 124 Å². The topological polar surface area (TPSA) is 47.6 Å². The van der Waals surface area contributed by atoms with Gasteiger partial charge in [0.15, 0.2) is 6.10 Å². The first kappa shape index (κ1) is 14.9. The van der Waals surface area contributed by atoms with Crippen molar-refractivity contribution in [3.8, 4) is 11.5 Å². The molecule has 0 aliphatic rings. The molecule has 0 radical (unpaired) electrons. The lowest BCUT2D eigenvalue weighted by atomic mass is 10.2. The molecule has 4 heteroatoms. The lowest BCUT2D eigenvalue weighted by molar-refractivity contribution is -0.122. The summed E-state index contributed by atoms with van der Waals surface area (Å²) in [5, 5.41) is 2.81. The summed E-state index contributed by atoms with van der Waals surface area (Å²) in [7, 11) is 1.59. The normalized spacial score (nSPS) is 11.6. The molecule has 1 amide bonds. The van der Waals surface area contributed by atoms with E-state index >= 15 is 0 Å². The van der Waals surface area contributed by atoms with E-state index in [1.165, 1.54) is 0 Å². The van der Waals surface area contributed by atoms with Crippen LogP contribution in [0.2, 0.25) is 0 Å². The summed E-state index contributed by atoms with van der Waals surface area (Å²) in [5.41, 5.74) is 1.68. The van der Waals surface area contributed by atoms with Crippen molar-refractivity contribution in [3.05, 3.63) is 54.1 Å². The van der Waals surface area contributed by atoms with Gasteiger partial charge in [0.2, 0.25) is 0 Å². The van der Waals surface area contributed by atoms with Crippen molar-refractivity contribution in [3.63, 3.8) is 0 Å². The van der Waals surface area contributed by atoms with Crippen LogP contribution in [0.1, 0.15) is 12.5 Å². The lowest BCUT2D eigenvalue weighted by Crippen LogP contribution is -2.30. The molecule has 110 valence electrons. The fourth-order valence-corrected chi connectivity index (χ4v) is 1.88. The van der Waals surface area contributed by atoms with Crippen molar-refractivity contribution in [1.29, 1.82) is 0 Å². The number of anilines is 1. The second-order valence-corrected chi connectivity index (χ2v) is 4.75. The number of carbonyl (C=O) groups excluding carboxylic acids is 1. The summed E-state index contributed by atoms with van der Waals surface area (Å²) in [4.78, 5) is 12.2. The molecule has 21 heavy (non-hydrogen) atoms. The van der Waals surface area contributed by atoms with Gasteiger partial charge in [-0.2, -0.15) is 0 Å². The average Bonchev–Trinajstić information content (AvgIpc) is 2.49. The van der Waals surface area contributed by atoms with E-state index in [-0.39, 0.29) is 5.91 Å². The van der Waals surface area contributed by atoms with Gasteiger partial charge >= 0.3 is 0 Å². The zero-order valence-electron chi connectivity index (χ0n) is 12.4. The van der Waals surface area contributed by atoms with Gasteiger partial charge in [-0.05, 0) is 37.6 Å². The van der Waals surface area contributed by atoms with E-state index in [4.69, 9.17) is 9.47 Å². The third-order valence-electron chi connectivity index (χ3n) is 3.10. The molecule has 2 aromatic carbocycles. The highest BCUT2D eigenvalue weighted by Crippen LogP contribution is 2.20. The zero-order valence-corrected chi connectivity index (χ0v) is 12.4. The van der Waals surface area contributed by atoms with Crippen LogP contribution in [0.3, 0.4) is 0 Å². The molecular formula is C17H19NO3. The Morgan fingerprint density at radius 1 is 1.14 bits per heavy atom. The van der Waals surface area contributed by atoms with Gasteiger partial charge in [-0.1, -0.05) is 24.3 Å². The van der Waals surface area contributed by atoms with Crippen LogP contribution in [-0.4, -0.2) is 19.1 Å². The summed E-state index contributed by atoms with van der Waals surface area (Å²) in [5.74, 6) is 1.21. The Bertz CT molecular complexity index is 625. The van der Waals surface area contributed by atoms with Gasteiger partial charge < -0.3 is 14.8 Å². The molecule has 2 aromatic rings. The average molecular weight is 285 g/mol. The molecule has 0 aromatic heterocycles. The smallest absolute Gasteiger partial charge is 0.265 e. The van der Waals surface area contributed by atoms with Crippen molar-refractivity contribution in [2.75, 3.05) is 12.4 Å². The first-order valence-corrected chi connectivity index (χ1v) is 6.77. The number of hydrogen-bond donors (Lipinski definition) is 1. The number of hydrogen-bond acceptors (Lipinski definition) is 3. The predicted octanol–water partition coefficient (Wildman–Crippen LogP) is 3.41. The number of ether oxygens (including phenoxy) is 2. The summed E-state index contributed by atoms with van der Waals surface area (Å²) in [6.45, 7) is 3.67. The van der Waals surface area contributed by atoms with Crippen LogP contribution in [-0.2, 0) is 4.79 Å². The molecule has 1 N–H and O–H groups in total. The van der Waals surface area contributed by atoms with Crippen molar-refractivity contribution in [2.24, 2.45) is 0 Å². The highest BCUT2D eigenvalue weighted by molar-refractivity contribution is 5.94. The van der Waals surface area contributed by atoms with E-state index in [9.17, 15) is 4.79 Å². The van der Waals surface area contributed by atoms with Gasteiger partial charge in [-0.15, -0.1) is 0 Å². The Hall–Kier alpha value is -2.49. The Morgan fingerprint density at radius 2 is 1.90 bits per heavy atom.